The van der Waals surface area contributed by atoms with Crippen molar-refractivity contribution in [2.45, 2.75) is 32.6 Å². The lowest BCUT2D eigenvalue weighted by Crippen LogP contribution is -2.23. The van der Waals surface area contributed by atoms with Crippen LogP contribution < -0.4 is 10.2 Å². The molecule has 6 rings (SSSR count). The summed E-state index contributed by atoms with van der Waals surface area (Å²) in [4.78, 5) is 9.59. The first-order valence-electron chi connectivity index (χ1n) is 12.7. The Morgan fingerprint density at radius 2 is 1.87 bits per heavy atom. The normalized spacial score (nSPS) is 15.2. The van der Waals surface area contributed by atoms with Crippen molar-refractivity contribution < 1.29 is 8.78 Å². The van der Waals surface area contributed by atoms with Gasteiger partial charge >= 0.3 is 0 Å². The lowest BCUT2D eigenvalue weighted by atomic mass is 9.94. The van der Waals surface area contributed by atoms with Crippen molar-refractivity contribution in [2.24, 2.45) is 0 Å². The average Bonchev–Trinajstić information content (AvgIpc) is 3.51. The van der Waals surface area contributed by atoms with Gasteiger partial charge in [0.05, 0.1) is 0 Å². The number of hydrogen-bond donors (Lipinski definition) is 2. The van der Waals surface area contributed by atoms with E-state index in [9.17, 15) is 4.39 Å². The van der Waals surface area contributed by atoms with E-state index in [0.29, 0.717) is 23.4 Å². The number of benzene rings is 2. The van der Waals surface area contributed by atoms with Crippen LogP contribution in [0.4, 0.5) is 20.2 Å². The Labute approximate surface area is 220 Å². The maximum atomic E-state index is 15.3. The van der Waals surface area contributed by atoms with Crippen molar-refractivity contribution in [1.82, 2.24) is 9.97 Å². The molecule has 0 spiro atoms. The molecule has 38 heavy (non-hydrogen) atoms. The summed E-state index contributed by atoms with van der Waals surface area (Å²) in [5.41, 5.74) is 9.72. The number of pyridine rings is 1. The van der Waals surface area contributed by atoms with Gasteiger partial charge in [-0.1, -0.05) is 19.2 Å². The maximum Gasteiger partial charge on any atom is 0.137 e. The van der Waals surface area contributed by atoms with E-state index in [-0.39, 0.29) is 11.6 Å². The number of fused-ring (bicyclic) bond motifs is 2. The third-order valence-electron chi connectivity index (χ3n) is 7.32. The molecule has 0 unspecified atom stereocenters. The highest BCUT2D eigenvalue weighted by Gasteiger charge is 2.29. The van der Waals surface area contributed by atoms with Crippen molar-refractivity contribution in [3.8, 4) is 0 Å². The molecular weight excluding hydrogens is 478 g/mol. The van der Waals surface area contributed by atoms with E-state index in [1.807, 2.05) is 36.1 Å². The van der Waals surface area contributed by atoms with Crippen LogP contribution in [0.25, 0.3) is 11.0 Å². The van der Waals surface area contributed by atoms with E-state index in [4.69, 9.17) is 0 Å². The highest BCUT2D eigenvalue weighted by molar-refractivity contribution is 5.80. The quantitative estimate of drug-likeness (QED) is 0.278. The molecule has 1 aliphatic heterocycles. The predicted octanol–water partition coefficient (Wildman–Crippen LogP) is 8.06. The van der Waals surface area contributed by atoms with E-state index < -0.39 is 0 Å². The standard InChI is InChI=1S/C32H28F2N4/c1-19-15-29-22(13-14-35-32(29)36-19)16-23-7-10-26(17-30(23)34)37-20(2)31-21(3)38(18-24-5-4-6-28(24)31)27-11-8-25(33)9-12-27/h7-15,17-18,37H,2-6,16H2,1H3,(H,35,36). The van der Waals surface area contributed by atoms with E-state index >= 15 is 4.39 Å². The van der Waals surface area contributed by atoms with E-state index in [0.717, 1.165) is 58.5 Å². The molecule has 2 aromatic heterocycles. The van der Waals surface area contributed by atoms with Gasteiger partial charge in [0.15, 0.2) is 0 Å². The summed E-state index contributed by atoms with van der Waals surface area (Å²) in [7, 11) is 0. The lowest BCUT2D eigenvalue weighted by Gasteiger charge is -2.32. The molecule has 2 N–H and O–H groups in total. The highest BCUT2D eigenvalue weighted by Crippen LogP contribution is 2.43. The fraction of sp³-hybridized carbons (Fsp3) is 0.156. The first kappa shape index (κ1) is 23.9. The zero-order valence-corrected chi connectivity index (χ0v) is 21.2. The van der Waals surface area contributed by atoms with Crippen LogP contribution in [-0.2, 0) is 6.42 Å². The van der Waals surface area contributed by atoms with Crippen molar-refractivity contribution >= 4 is 22.4 Å². The summed E-state index contributed by atoms with van der Waals surface area (Å²) < 4.78 is 28.8. The van der Waals surface area contributed by atoms with Crippen LogP contribution in [0.15, 0.2) is 108 Å². The van der Waals surface area contributed by atoms with Gasteiger partial charge < -0.3 is 15.2 Å². The highest BCUT2D eigenvalue weighted by atomic mass is 19.1. The minimum atomic E-state index is -0.283. The summed E-state index contributed by atoms with van der Waals surface area (Å²) in [6, 6.07) is 15.6. The van der Waals surface area contributed by atoms with Crippen molar-refractivity contribution in [2.75, 3.05) is 10.2 Å². The molecule has 3 heterocycles. The van der Waals surface area contributed by atoms with Gasteiger partial charge in [-0.25, -0.2) is 13.8 Å². The molecule has 0 saturated heterocycles. The van der Waals surface area contributed by atoms with Crippen LogP contribution in [0.5, 0.6) is 0 Å². The number of aromatic amines is 1. The first-order valence-corrected chi connectivity index (χ1v) is 12.7. The zero-order chi connectivity index (χ0) is 26.4. The van der Waals surface area contributed by atoms with Crippen molar-refractivity contribution in [3.05, 3.63) is 137 Å². The number of anilines is 2. The second-order valence-corrected chi connectivity index (χ2v) is 9.93. The number of allylic oxidation sites excluding steroid dienone is 2. The minimum Gasteiger partial charge on any atom is -0.355 e. The van der Waals surface area contributed by atoms with Gasteiger partial charge in [-0.2, -0.15) is 0 Å². The number of hydrogen-bond acceptors (Lipinski definition) is 3. The van der Waals surface area contributed by atoms with Crippen LogP contribution in [0, 0.1) is 18.6 Å². The molecule has 2 aromatic carbocycles. The molecule has 4 nitrogen and oxygen atoms in total. The third-order valence-corrected chi connectivity index (χ3v) is 7.32. The van der Waals surface area contributed by atoms with Gasteiger partial charge in [-0.15, -0.1) is 0 Å². The number of nitrogens with one attached hydrogen (secondary N) is 2. The number of aromatic nitrogens is 2. The molecule has 0 radical (unpaired) electrons. The van der Waals surface area contributed by atoms with E-state index in [1.165, 1.54) is 29.3 Å². The second-order valence-electron chi connectivity index (χ2n) is 9.93. The van der Waals surface area contributed by atoms with Crippen molar-refractivity contribution in [3.63, 3.8) is 0 Å². The molecule has 0 amide bonds. The zero-order valence-electron chi connectivity index (χ0n) is 21.2. The van der Waals surface area contributed by atoms with Gasteiger partial charge in [-0.3, -0.25) is 0 Å². The summed E-state index contributed by atoms with van der Waals surface area (Å²) in [6.07, 6.45) is 7.25. The van der Waals surface area contributed by atoms with Crippen LogP contribution in [-0.4, -0.2) is 9.97 Å². The van der Waals surface area contributed by atoms with Crippen LogP contribution in [0.2, 0.25) is 0 Å². The van der Waals surface area contributed by atoms with E-state index in [1.54, 1.807) is 18.3 Å². The summed E-state index contributed by atoms with van der Waals surface area (Å²) >= 11 is 0. The molecule has 2 aliphatic rings. The third kappa shape index (κ3) is 4.32. The summed E-state index contributed by atoms with van der Waals surface area (Å²) in [5, 5.41) is 4.33. The van der Waals surface area contributed by atoms with E-state index in [2.05, 4.69) is 34.6 Å². The second kappa shape index (κ2) is 9.45. The average molecular weight is 507 g/mol. The monoisotopic (exact) mass is 506 g/mol. The number of nitrogens with zero attached hydrogens (tertiary/aromatic N) is 2. The fourth-order valence-electron chi connectivity index (χ4n) is 5.49. The van der Waals surface area contributed by atoms with Crippen LogP contribution >= 0.6 is 0 Å². The van der Waals surface area contributed by atoms with Gasteiger partial charge in [0.25, 0.3) is 0 Å². The molecular formula is C32H28F2N4. The Morgan fingerprint density at radius 1 is 1.05 bits per heavy atom. The Kier molecular flexibility index (Phi) is 5.95. The Hall–Kier alpha value is -4.45. The molecule has 0 atom stereocenters. The minimum absolute atomic E-state index is 0.283. The number of H-pyrrole nitrogens is 1. The largest absolute Gasteiger partial charge is 0.355 e. The topological polar surface area (TPSA) is 44.0 Å². The van der Waals surface area contributed by atoms with Gasteiger partial charge in [0, 0.05) is 58.2 Å². The smallest absolute Gasteiger partial charge is 0.137 e. The van der Waals surface area contributed by atoms with Gasteiger partial charge in [0.1, 0.15) is 17.3 Å². The van der Waals surface area contributed by atoms with Gasteiger partial charge in [0.2, 0.25) is 0 Å². The fourth-order valence-corrected chi connectivity index (χ4v) is 5.49. The number of aryl methyl sites for hydroxylation is 1. The summed E-state index contributed by atoms with van der Waals surface area (Å²) in [5.74, 6) is -0.566. The van der Waals surface area contributed by atoms with Crippen LogP contribution in [0.1, 0.15) is 36.1 Å². The maximum absolute atomic E-state index is 15.3. The number of rotatable bonds is 6. The first-order chi connectivity index (χ1) is 18.4. The number of halogens is 2. The van der Waals surface area contributed by atoms with Crippen LogP contribution in [0.3, 0.4) is 0 Å². The Balaban J connectivity index is 1.25. The molecule has 1 aliphatic carbocycles. The summed E-state index contributed by atoms with van der Waals surface area (Å²) in [6.45, 7) is 10.6. The Bertz CT molecular complexity index is 1660. The molecule has 1 fully saturated rings. The molecule has 0 bridgehead atoms. The van der Waals surface area contributed by atoms with Gasteiger partial charge in [-0.05, 0) is 97.0 Å². The molecule has 190 valence electrons. The molecule has 6 heteroatoms. The molecule has 1 saturated carbocycles. The SMILES string of the molecule is C=C(Nc1ccc(Cc2ccnc3[nH]c(C)cc23)c(F)c1)C1=C2CCCC2=CN(c2ccc(F)cc2)C1=C. The Morgan fingerprint density at radius 3 is 2.66 bits per heavy atom. The van der Waals surface area contributed by atoms with Crippen molar-refractivity contribution in [1.29, 1.82) is 0 Å². The predicted molar refractivity (Wildman–Crippen MR) is 150 cm³/mol. The molecule has 4 aromatic rings. The lowest BCUT2D eigenvalue weighted by molar-refractivity contribution is 0.614.